The van der Waals surface area contributed by atoms with Crippen LogP contribution < -0.4 is 16.1 Å². The molecule has 0 aliphatic carbocycles. The Morgan fingerprint density at radius 1 is 1.24 bits per heavy atom. The first-order valence-electron chi connectivity index (χ1n) is 12.5. The van der Waals surface area contributed by atoms with Gasteiger partial charge in [-0.25, -0.2) is 14.5 Å². The van der Waals surface area contributed by atoms with Gasteiger partial charge in [0.2, 0.25) is 5.91 Å². The Hall–Kier alpha value is -2.23. The van der Waals surface area contributed by atoms with Gasteiger partial charge in [-0.15, -0.1) is 0 Å². The number of likely N-dealkylation sites (tertiary alicyclic amines) is 1. The van der Waals surface area contributed by atoms with Crippen molar-refractivity contribution in [2.24, 2.45) is 11.7 Å². The van der Waals surface area contributed by atoms with Crippen LogP contribution in [0.5, 0.6) is 0 Å². The summed E-state index contributed by atoms with van der Waals surface area (Å²) in [4.78, 5) is 23.0. The fourth-order valence-corrected chi connectivity index (χ4v) is 5.67. The molecule has 3 fully saturated rings. The lowest BCUT2D eigenvalue weighted by molar-refractivity contribution is -0.140. The first kappa shape index (κ1) is 22.6. The van der Waals surface area contributed by atoms with Crippen LogP contribution in [0.25, 0.3) is 5.65 Å². The number of aryl methyl sites for hydroxylation is 1. The van der Waals surface area contributed by atoms with Gasteiger partial charge in [0.25, 0.3) is 0 Å². The van der Waals surface area contributed by atoms with Gasteiger partial charge in [0.05, 0.1) is 11.7 Å². The molecular weight excluding hydrogens is 416 g/mol. The van der Waals surface area contributed by atoms with Crippen molar-refractivity contribution in [1.29, 1.82) is 0 Å². The number of nitrogens with two attached hydrogens (primary N) is 1. The third kappa shape index (κ3) is 4.22. The molecule has 3 N–H and O–H groups in total. The van der Waals surface area contributed by atoms with E-state index in [4.69, 9.17) is 15.8 Å². The first-order chi connectivity index (χ1) is 15.8. The average Bonchev–Trinajstić information content (AvgIpc) is 3.50. The van der Waals surface area contributed by atoms with Gasteiger partial charge < -0.3 is 15.5 Å². The molecule has 9 heteroatoms. The Labute approximate surface area is 196 Å². The van der Waals surface area contributed by atoms with Crippen molar-refractivity contribution in [1.82, 2.24) is 29.9 Å². The summed E-state index contributed by atoms with van der Waals surface area (Å²) in [5.41, 5.74) is 12.5. The molecule has 3 saturated heterocycles. The van der Waals surface area contributed by atoms with Gasteiger partial charge in [0.15, 0.2) is 5.65 Å². The fraction of sp³-hybridized carbons (Fsp3) is 0.708. The predicted molar refractivity (Wildman–Crippen MR) is 129 cm³/mol. The third-order valence-electron chi connectivity index (χ3n) is 7.68. The van der Waals surface area contributed by atoms with E-state index in [2.05, 4.69) is 48.3 Å². The highest BCUT2D eigenvalue weighted by Gasteiger charge is 2.41. The Balaban J connectivity index is 1.41. The summed E-state index contributed by atoms with van der Waals surface area (Å²) in [7, 11) is 1.99. The van der Waals surface area contributed by atoms with Gasteiger partial charge >= 0.3 is 0 Å². The Kier molecular flexibility index (Phi) is 6.05. The van der Waals surface area contributed by atoms with Gasteiger partial charge in [0, 0.05) is 56.6 Å². The number of nitrogens with zero attached hydrogens (tertiary/aromatic N) is 6. The highest BCUT2D eigenvalue weighted by atomic mass is 16.2. The maximum absolute atomic E-state index is 13.7. The molecule has 5 rings (SSSR count). The first-order valence-corrected chi connectivity index (χ1v) is 12.5. The number of anilines is 1. The number of rotatable bonds is 4. The van der Waals surface area contributed by atoms with E-state index < -0.39 is 0 Å². The van der Waals surface area contributed by atoms with E-state index >= 15 is 0 Å². The van der Waals surface area contributed by atoms with Gasteiger partial charge in [-0.2, -0.15) is 5.10 Å². The molecule has 2 aromatic heterocycles. The third-order valence-corrected chi connectivity index (χ3v) is 7.68. The number of hydrogen-bond acceptors (Lipinski definition) is 7. The van der Waals surface area contributed by atoms with E-state index in [0.717, 1.165) is 74.5 Å². The summed E-state index contributed by atoms with van der Waals surface area (Å²) in [5, 5.41) is 6.90. The van der Waals surface area contributed by atoms with Gasteiger partial charge in [-0.1, -0.05) is 13.8 Å². The van der Waals surface area contributed by atoms with Crippen LogP contribution in [0.2, 0.25) is 0 Å². The summed E-state index contributed by atoms with van der Waals surface area (Å²) in [6, 6.07) is 2.50. The Morgan fingerprint density at radius 3 is 2.76 bits per heavy atom. The van der Waals surface area contributed by atoms with Crippen LogP contribution in [0.4, 0.5) is 5.82 Å². The second-order valence-electron chi connectivity index (χ2n) is 10.5. The highest BCUT2D eigenvalue weighted by molar-refractivity contribution is 5.82. The van der Waals surface area contributed by atoms with Crippen LogP contribution in [0.3, 0.4) is 0 Å². The van der Waals surface area contributed by atoms with Gasteiger partial charge in [-0.3, -0.25) is 10.2 Å². The van der Waals surface area contributed by atoms with Crippen molar-refractivity contribution in [3.05, 3.63) is 23.5 Å². The lowest BCUT2D eigenvalue weighted by Gasteiger charge is -2.37. The molecule has 4 atom stereocenters. The molecule has 3 aliphatic rings. The second kappa shape index (κ2) is 8.85. The number of nitrogens with one attached hydrogen (secondary N) is 1. The molecule has 5 heterocycles. The molecule has 0 bridgehead atoms. The number of likely N-dealkylation sites (N-methyl/N-ethyl adjacent to an activating group) is 1. The molecule has 0 spiro atoms. The summed E-state index contributed by atoms with van der Waals surface area (Å²) in [5.74, 6) is 1.71. The van der Waals surface area contributed by atoms with Crippen LogP contribution in [-0.2, 0) is 4.79 Å². The number of carbonyl (C=O) groups excluding carboxylic acids is 1. The average molecular weight is 455 g/mol. The second-order valence-corrected chi connectivity index (χ2v) is 10.5. The van der Waals surface area contributed by atoms with Crippen LogP contribution in [0.15, 0.2) is 12.3 Å². The number of hydrazine groups is 1. The smallest absolute Gasteiger partial charge is 0.241 e. The monoisotopic (exact) mass is 454 g/mol. The highest BCUT2D eigenvalue weighted by Crippen LogP contribution is 2.33. The minimum absolute atomic E-state index is 0.00316. The lowest BCUT2D eigenvalue weighted by Crippen LogP contribution is -2.49. The van der Waals surface area contributed by atoms with E-state index in [9.17, 15) is 4.79 Å². The molecule has 2 aromatic rings. The van der Waals surface area contributed by atoms with Crippen LogP contribution in [-0.4, -0.2) is 75.2 Å². The van der Waals surface area contributed by atoms with E-state index in [0.29, 0.717) is 12.0 Å². The van der Waals surface area contributed by atoms with Crippen LogP contribution >= 0.6 is 0 Å². The molecule has 180 valence electrons. The standard InChI is InChI=1S/C24H38N8O/c1-15(2)18-11-21(29(4)27-18)24(33)31-9-6-5-7-20(31)19-12-22-26-23(16(3)13-32(22)28-19)30-10-8-17(25)14-30/h12-13,15,17-18,20-21,27H,5-11,14,25H2,1-4H3. The van der Waals surface area contributed by atoms with Crippen molar-refractivity contribution >= 4 is 17.4 Å². The largest absolute Gasteiger partial charge is 0.355 e. The van der Waals surface area contributed by atoms with E-state index in [1.807, 2.05) is 16.6 Å². The minimum atomic E-state index is -0.124. The van der Waals surface area contributed by atoms with Crippen molar-refractivity contribution in [3.8, 4) is 0 Å². The van der Waals surface area contributed by atoms with E-state index in [1.165, 1.54) is 0 Å². The van der Waals surface area contributed by atoms with Crippen LogP contribution in [0, 0.1) is 12.8 Å². The van der Waals surface area contributed by atoms with E-state index in [1.54, 1.807) is 0 Å². The van der Waals surface area contributed by atoms with Crippen molar-refractivity contribution in [2.75, 3.05) is 31.6 Å². The van der Waals surface area contributed by atoms with Crippen molar-refractivity contribution in [3.63, 3.8) is 0 Å². The molecule has 9 nitrogen and oxygen atoms in total. The van der Waals surface area contributed by atoms with Gasteiger partial charge in [0.1, 0.15) is 11.9 Å². The molecule has 0 radical (unpaired) electrons. The number of fused-ring (bicyclic) bond motifs is 1. The zero-order valence-electron chi connectivity index (χ0n) is 20.4. The number of carbonyl (C=O) groups is 1. The van der Waals surface area contributed by atoms with Crippen molar-refractivity contribution < 1.29 is 4.79 Å². The topological polar surface area (TPSA) is 95.0 Å². The zero-order valence-corrected chi connectivity index (χ0v) is 20.4. The number of aromatic nitrogens is 3. The van der Waals surface area contributed by atoms with Crippen LogP contribution in [0.1, 0.15) is 63.3 Å². The number of amides is 1. The molecular formula is C24H38N8O. The molecule has 0 saturated carbocycles. The molecule has 33 heavy (non-hydrogen) atoms. The quantitative estimate of drug-likeness (QED) is 0.728. The summed E-state index contributed by atoms with van der Waals surface area (Å²) < 4.78 is 1.87. The van der Waals surface area contributed by atoms with E-state index in [-0.39, 0.29) is 24.0 Å². The predicted octanol–water partition coefficient (Wildman–Crippen LogP) is 1.86. The summed E-state index contributed by atoms with van der Waals surface area (Å²) >= 11 is 0. The Bertz CT molecular complexity index is 1020. The SMILES string of the molecule is Cc1cn2nc(C3CCCCN3C(=O)C3CC(C(C)C)NN3C)cc2nc1N1CCC(N)C1. The van der Waals surface area contributed by atoms with Gasteiger partial charge in [-0.05, 0) is 44.9 Å². The molecule has 1 amide bonds. The zero-order chi connectivity index (χ0) is 23.3. The lowest BCUT2D eigenvalue weighted by atomic mass is 9.95. The summed E-state index contributed by atoms with van der Waals surface area (Å²) in [6.07, 6.45) is 7.01. The molecule has 3 aliphatic heterocycles. The Morgan fingerprint density at radius 2 is 2.06 bits per heavy atom. The molecule has 0 aromatic carbocycles. The minimum Gasteiger partial charge on any atom is -0.355 e. The summed E-state index contributed by atoms with van der Waals surface area (Å²) in [6.45, 7) is 9.07. The molecule has 4 unspecified atom stereocenters. The number of piperidine rings is 1. The normalized spacial score (nSPS) is 29.0. The fourth-order valence-electron chi connectivity index (χ4n) is 5.67. The van der Waals surface area contributed by atoms with Crippen molar-refractivity contribution in [2.45, 2.75) is 77.0 Å². The maximum Gasteiger partial charge on any atom is 0.241 e. The maximum atomic E-state index is 13.7. The number of hydrogen-bond donors (Lipinski definition) is 2.